The van der Waals surface area contributed by atoms with Gasteiger partial charge in [0.2, 0.25) is 0 Å². The smallest absolute Gasteiger partial charge is 0.127 e. The van der Waals surface area contributed by atoms with Gasteiger partial charge in [-0.1, -0.05) is 29.3 Å². The van der Waals surface area contributed by atoms with E-state index in [1.807, 2.05) is 6.92 Å². The third kappa shape index (κ3) is 4.88. The van der Waals surface area contributed by atoms with Gasteiger partial charge in [0, 0.05) is 27.7 Å². The summed E-state index contributed by atoms with van der Waals surface area (Å²) in [6.45, 7) is 2.12. The lowest BCUT2D eigenvalue weighted by Crippen LogP contribution is -2.17. The van der Waals surface area contributed by atoms with Crippen LogP contribution in [-0.2, 0) is 13.0 Å². The van der Waals surface area contributed by atoms with E-state index in [2.05, 4.69) is 0 Å². The predicted molar refractivity (Wildman–Crippen MR) is 84.5 cm³/mol. The SMILES string of the molecule is CC(N)Cc1cc(F)cc(OCc2ccc(Cl)cc2Cl)c1. The second-order valence-electron chi connectivity index (χ2n) is 5.00. The van der Waals surface area contributed by atoms with Gasteiger partial charge in [-0.25, -0.2) is 4.39 Å². The summed E-state index contributed by atoms with van der Waals surface area (Å²) in [5, 5.41) is 1.09. The average molecular weight is 328 g/mol. The summed E-state index contributed by atoms with van der Waals surface area (Å²) in [5.41, 5.74) is 7.33. The third-order valence-corrected chi connectivity index (χ3v) is 3.49. The minimum absolute atomic E-state index is 0.0367. The molecule has 0 radical (unpaired) electrons. The Kier molecular flexibility index (Phi) is 5.45. The number of halogens is 3. The van der Waals surface area contributed by atoms with Crippen LogP contribution < -0.4 is 10.5 Å². The van der Waals surface area contributed by atoms with Crippen LogP contribution in [-0.4, -0.2) is 6.04 Å². The first kappa shape index (κ1) is 16.1. The minimum atomic E-state index is -0.342. The molecule has 2 N–H and O–H groups in total. The molecular formula is C16H16Cl2FNO. The van der Waals surface area contributed by atoms with E-state index in [4.69, 9.17) is 33.7 Å². The molecule has 2 rings (SSSR count). The fraction of sp³-hybridized carbons (Fsp3) is 0.250. The molecule has 1 atom stereocenters. The highest BCUT2D eigenvalue weighted by Crippen LogP contribution is 2.24. The Labute approximate surface area is 133 Å². The van der Waals surface area contributed by atoms with Gasteiger partial charge in [0.15, 0.2) is 0 Å². The lowest BCUT2D eigenvalue weighted by Gasteiger charge is -2.11. The number of nitrogens with two attached hydrogens (primary N) is 1. The van der Waals surface area contributed by atoms with E-state index < -0.39 is 0 Å². The number of hydrogen-bond donors (Lipinski definition) is 1. The highest BCUT2D eigenvalue weighted by molar-refractivity contribution is 6.35. The summed E-state index contributed by atoms with van der Waals surface area (Å²) < 4.78 is 19.2. The van der Waals surface area contributed by atoms with Crippen LogP contribution in [0.25, 0.3) is 0 Å². The molecule has 0 heterocycles. The first-order valence-corrected chi connectivity index (χ1v) is 7.31. The Bertz CT molecular complexity index is 632. The summed E-state index contributed by atoms with van der Waals surface area (Å²) in [7, 11) is 0. The van der Waals surface area contributed by atoms with Gasteiger partial charge < -0.3 is 10.5 Å². The van der Waals surface area contributed by atoms with Crippen molar-refractivity contribution >= 4 is 23.2 Å². The first-order valence-electron chi connectivity index (χ1n) is 6.56. The van der Waals surface area contributed by atoms with Crippen LogP contribution in [0.15, 0.2) is 36.4 Å². The molecule has 0 saturated heterocycles. The van der Waals surface area contributed by atoms with Gasteiger partial charge in [-0.3, -0.25) is 0 Å². The van der Waals surface area contributed by atoms with Crippen molar-refractivity contribution in [3.05, 3.63) is 63.4 Å². The molecule has 0 saturated carbocycles. The molecular weight excluding hydrogens is 312 g/mol. The zero-order valence-corrected chi connectivity index (χ0v) is 13.1. The first-order chi connectivity index (χ1) is 9.94. The van der Waals surface area contributed by atoms with E-state index in [0.717, 1.165) is 11.1 Å². The van der Waals surface area contributed by atoms with E-state index >= 15 is 0 Å². The molecule has 0 aliphatic rings. The van der Waals surface area contributed by atoms with Crippen LogP contribution >= 0.6 is 23.2 Å². The molecule has 0 bridgehead atoms. The molecule has 0 aliphatic carbocycles. The van der Waals surface area contributed by atoms with Gasteiger partial charge >= 0.3 is 0 Å². The molecule has 0 fully saturated rings. The van der Waals surface area contributed by atoms with Crippen LogP contribution in [0.4, 0.5) is 4.39 Å². The van der Waals surface area contributed by atoms with E-state index in [1.54, 1.807) is 24.3 Å². The Balaban J connectivity index is 2.10. The average Bonchev–Trinajstić information content (AvgIpc) is 2.36. The number of hydrogen-bond acceptors (Lipinski definition) is 2. The Morgan fingerprint density at radius 2 is 1.95 bits per heavy atom. The molecule has 0 aromatic heterocycles. The lowest BCUT2D eigenvalue weighted by molar-refractivity contribution is 0.304. The van der Waals surface area contributed by atoms with E-state index in [1.165, 1.54) is 12.1 Å². The maximum absolute atomic E-state index is 13.6. The summed E-state index contributed by atoms with van der Waals surface area (Å²) >= 11 is 11.9. The maximum Gasteiger partial charge on any atom is 0.127 e. The topological polar surface area (TPSA) is 35.2 Å². The predicted octanol–water partition coefficient (Wildman–Crippen LogP) is 4.60. The van der Waals surface area contributed by atoms with Gasteiger partial charge in [0.25, 0.3) is 0 Å². The third-order valence-electron chi connectivity index (χ3n) is 2.90. The molecule has 0 amide bonds. The number of rotatable bonds is 5. The maximum atomic E-state index is 13.6. The van der Waals surface area contributed by atoms with Crippen molar-refractivity contribution in [1.29, 1.82) is 0 Å². The quantitative estimate of drug-likeness (QED) is 0.870. The number of ether oxygens (including phenoxy) is 1. The zero-order chi connectivity index (χ0) is 15.4. The zero-order valence-electron chi connectivity index (χ0n) is 11.6. The van der Waals surface area contributed by atoms with Gasteiger partial charge in [-0.2, -0.15) is 0 Å². The number of benzene rings is 2. The monoisotopic (exact) mass is 327 g/mol. The van der Waals surface area contributed by atoms with Crippen LogP contribution in [0, 0.1) is 5.82 Å². The van der Waals surface area contributed by atoms with E-state index in [9.17, 15) is 4.39 Å². The van der Waals surface area contributed by atoms with Crippen molar-refractivity contribution in [3.8, 4) is 5.75 Å². The summed E-state index contributed by atoms with van der Waals surface area (Å²) in [6.07, 6.45) is 0.593. The molecule has 5 heteroatoms. The van der Waals surface area contributed by atoms with Crippen molar-refractivity contribution in [1.82, 2.24) is 0 Å². The summed E-state index contributed by atoms with van der Waals surface area (Å²) in [6, 6.07) is 9.72. The van der Waals surface area contributed by atoms with Crippen LogP contribution in [0.5, 0.6) is 5.75 Å². The molecule has 2 aromatic rings. The second-order valence-corrected chi connectivity index (χ2v) is 5.84. The van der Waals surface area contributed by atoms with Crippen molar-refractivity contribution in [2.24, 2.45) is 5.73 Å². The molecule has 2 nitrogen and oxygen atoms in total. The van der Waals surface area contributed by atoms with Gasteiger partial charge in [-0.05, 0) is 43.2 Å². The van der Waals surface area contributed by atoms with E-state index in [0.29, 0.717) is 22.2 Å². The van der Waals surface area contributed by atoms with Gasteiger partial charge in [0.1, 0.15) is 18.2 Å². The second kappa shape index (κ2) is 7.12. The Morgan fingerprint density at radius 3 is 2.62 bits per heavy atom. The van der Waals surface area contributed by atoms with Crippen LogP contribution in [0.3, 0.4) is 0 Å². The van der Waals surface area contributed by atoms with Crippen molar-refractivity contribution < 1.29 is 9.13 Å². The molecule has 0 aliphatic heterocycles. The van der Waals surface area contributed by atoms with Gasteiger partial charge in [-0.15, -0.1) is 0 Å². The molecule has 0 spiro atoms. The van der Waals surface area contributed by atoms with Crippen LogP contribution in [0.1, 0.15) is 18.1 Å². The summed E-state index contributed by atoms with van der Waals surface area (Å²) in [5.74, 6) is 0.113. The standard InChI is InChI=1S/C16H16Cl2FNO/c1-10(20)4-11-5-14(19)8-15(6-11)21-9-12-2-3-13(17)7-16(12)18/h2-3,5-8,10H,4,9,20H2,1H3. The van der Waals surface area contributed by atoms with Crippen molar-refractivity contribution in [2.75, 3.05) is 0 Å². The van der Waals surface area contributed by atoms with Crippen molar-refractivity contribution in [2.45, 2.75) is 26.0 Å². The summed E-state index contributed by atoms with van der Waals surface area (Å²) in [4.78, 5) is 0. The Hall–Kier alpha value is -1.29. The molecule has 1 unspecified atom stereocenters. The van der Waals surface area contributed by atoms with E-state index in [-0.39, 0.29) is 18.5 Å². The molecule has 21 heavy (non-hydrogen) atoms. The Morgan fingerprint density at radius 1 is 1.19 bits per heavy atom. The fourth-order valence-corrected chi connectivity index (χ4v) is 2.46. The molecule has 2 aromatic carbocycles. The lowest BCUT2D eigenvalue weighted by atomic mass is 10.1. The minimum Gasteiger partial charge on any atom is -0.489 e. The molecule has 112 valence electrons. The largest absolute Gasteiger partial charge is 0.489 e. The van der Waals surface area contributed by atoms with Crippen LogP contribution in [0.2, 0.25) is 10.0 Å². The van der Waals surface area contributed by atoms with Crippen molar-refractivity contribution in [3.63, 3.8) is 0 Å². The van der Waals surface area contributed by atoms with Gasteiger partial charge in [0.05, 0.1) is 0 Å². The highest BCUT2D eigenvalue weighted by Gasteiger charge is 2.06. The highest BCUT2D eigenvalue weighted by atomic mass is 35.5. The fourth-order valence-electron chi connectivity index (χ4n) is 1.99. The normalized spacial score (nSPS) is 12.2.